The average Bonchev–Trinajstić information content (AvgIpc) is 2.48. The maximum Gasteiger partial charge on any atom is 0.128 e. The minimum absolute atomic E-state index is 0.161. The number of hydrogen-bond acceptors (Lipinski definition) is 2. The second-order valence-electron chi connectivity index (χ2n) is 5.01. The number of rotatable bonds is 2. The predicted octanol–water partition coefficient (Wildman–Crippen LogP) is 4.01. The van der Waals surface area contributed by atoms with E-state index in [9.17, 15) is 10.2 Å². The molecule has 3 aromatic rings. The van der Waals surface area contributed by atoms with Crippen LogP contribution in [0.5, 0.6) is 5.75 Å². The zero-order valence-corrected chi connectivity index (χ0v) is 11.3. The summed E-state index contributed by atoms with van der Waals surface area (Å²) < 4.78 is 0. The molecule has 0 radical (unpaired) electrons. The molecule has 0 atom stereocenters. The first-order chi connectivity index (χ1) is 9.70. The van der Waals surface area contributed by atoms with Crippen molar-refractivity contribution in [2.24, 2.45) is 0 Å². The molecule has 0 aliphatic carbocycles. The molecule has 0 spiro atoms. The van der Waals surface area contributed by atoms with E-state index in [4.69, 9.17) is 0 Å². The molecule has 0 fully saturated rings. The molecule has 2 heteroatoms. The van der Waals surface area contributed by atoms with Gasteiger partial charge in [-0.15, -0.1) is 0 Å². The molecule has 0 aliphatic rings. The van der Waals surface area contributed by atoms with E-state index in [2.05, 4.69) is 12.1 Å². The van der Waals surface area contributed by atoms with Crippen molar-refractivity contribution in [1.29, 1.82) is 0 Å². The van der Waals surface area contributed by atoms with Gasteiger partial charge in [0, 0.05) is 11.1 Å². The van der Waals surface area contributed by atoms with Crippen LogP contribution >= 0.6 is 0 Å². The number of hydrogen-bond donors (Lipinski definition) is 2. The molecule has 0 heterocycles. The van der Waals surface area contributed by atoms with Gasteiger partial charge in [-0.1, -0.05) is 48.5 Å². The van der Waals surface area contributed by atoms with Gasteiger partial charge in [0.25, 0.3) is 0 Å². The third kappa shape index (κ3) is 2.04. The van der Waals surface area contributed by atoms with E-state index < -0.39 is 0 Å². The quantitative estimate of drug-likeness (QED) is 0.734. The fraction of sp³-hybridized carbons (Fsp3) is 0.111. The highest BCUT2D eigenvalue weighted by Crippen LogP contribution is 2.37. The van der Waals surface area contributed by atoms with Gasteiger partial charge < -0.3 is 10.2 Å². The van der Waals surface area contributed by atoms with Crippen LogP contribution in [0.3, 0.4) is 0 Å². The fourth-order valence-corrected chi connectivity index (χ4v) is 2.64. The Balaban J connectivity index is 2.34. The summed E-state index contributed by atoms with van der Waals surface area (Å²) >= 11 is 0. The Morgan fingerprint density at radius 2 is 1.65 bits per heavy atom. The van der Waals surface area contributed by atoms with Crippen LogP contribution in [0.4, 0.5) is 0 Å². The van der Waals surface area contributed by atoms with Gasteiger partial charge in [0.2, 0.25) is 0 Å². The lowest BCUT2D eigenvalue weighted by Gasteiger charge is -2.12. The highest BCUT2D eigenvalue weighted by atomic mass is 16.3. The van der Waals surface area contributed by atoms with Crippen molar-refractivity contribution in [2.45, 2.75) is 13.5 Å². The van der Waals surface area contributed by atoms with E-state index in [-0.39, 0.29) is 12.4 Å². The summed E-state index contributed by atoms with van der Waals surface area (Å²) in [5, 5.41) is 22.0. The predicted molar refractivity (Wildman–Crippen MR) is 81.7 cm³/mol. The summed E-state index contributed by atoms with van der Waals surface area (Å²) in [5.74, 6) is 0.162. The van der Waals surface area contributed by atoms with Crippen molar-refractivity contribution in [3.8, 4) is 16.9 Å². The Labute approximate surface area is 117 Å². The van der Waals surface area contributed by atoms with Crippen molar-refractivity contribution in [3.63, 3.8) is 0 Å². The second kappa shape index (κ2) is 4.99. The van der Waals surface area contributed by atoms with Gasteiger partial charge in [-0.2, -0.15) is 0 Å². The molecule has 0 unspecified atom stereocenters. The Hall–Kier alpha value is -2.32. The SMILES string of the molecule is Cc1cc(CO)c(O)c(-c2cccc3ccccc23)c1. The van der Waals surface area contributed by atoms with Gasteiger partial charge in [0.15, 0.2) is 0 Å². The van der Waals surface area contributed by atoms with Crippen molar-refractivity contribution >= 4 is 10.8 Å². The highest BCUT2D eigenvalue weighted by Gasteiger charge is 2.12. The molecule has 0 saturated heterocycles. The third-order valence-corrected chi connectivity index (χ3v) is 3.58. The standard InChI is InChI=1S/C18H16O2/c1-12-9-14(11-19)18(20)17(10-12)16-8-4-6-13-5-2-3-7-15(13)16/h2-10,19-20H,11H2,1H3. The van der Waals surface area contributed by atoms with Gasteiger partial charge in [-0.05, 0) is 34.9 Å². The summed E-state index contributed by atoms with van der Waals surface area (Å²) in [6.07, 6.45) is 0. The van der Waals surface area contributed by atoms with Crippen LogP contribution in [0, 0.1) is 6.92 Å². The Bertz CT molecular complexity index is 770. The lowest BCUT2D eigenvalue weighted by atomic mass is 9.94. The molecule has 0 amide bonds. The molecule has 3 aromatic carbocycles. The van der Waals surface area contributed by atoms with Crippen molar-refractivity contribution in [3.05, 3.63) is 65.7 Å². The zero-order chi connectivity index (χ0) is 14.1. The Kier molecular flexibility index (Phi) is 3.17. The van der Waals surface area contributed by atoms with Gasteiger partial charge in [-0.3, -0.25) is 0 Å². The zero-order valence-electron chi connectivity index (χ0n) is 11.3. The summed E-state index contributed by atoms with van der Waals surface area (Å²) in [6.45, 7) is 1.80. The number of aliphatic hydroxyl groups is 1. The minimum Gasteiger partial charge on any atom is -0.507 e. The van der Waals surface area contributed by atoms with Crippen molar-refractivity contribution < 1.29 is 10.2 Å². The van der Waals surface area contributed by atoms with Gasteiger partial charge in [0.05, 0.1) is 6.61 Å². The minimum atomic E-state index is -0.161. The smallest absolute Gasteiger partial charge is 0.128 e. The van der Waals surface area contributed by atoms with Crippen LogP contribution in [0.1, 0.15) is 11.1 Å². The lowest BCUT2D eigenvalue weighted by molar-refractivity contribution is 0.275. The van der Waals surface area contributed by atoms with Crippen LogP contribution < -0.4 is 0 Å². The van der Waals surface area contributed by atoms with Crippen LogP contribution in [0.2, 0.25) is 0 Å². The normalized spacial score (nSPS) is 10.9. The van der Waals surface area contributed by atoms with Crippen LogP contribution in [-0.2, 0) is 6.61 Å². The summed E-state index contributed by atoms with van der Waals surface area (Å²) in [6, 6.07) is 17.9. The molecule has 3 rings (SSSR count). The molecule has 0 aromatic heterocycles. The van der Waals surface area contributed by atoms with Crippen LogP contribution in [0.25, 0.3) is 21.9 Å². The molecular weight excluding hydrogens is 248 g/mol. The molecule has 2 nitrogen and oxygen atoms in total. The van der Waals surface area contributed by atoms with E-state index in [1.165, 1.54) is 0 Å². The fourth-order valence-electron chi connectivity index (χ4n) is 2.64. The van der Waals surface area contributed by atoms with Crippen molar-refractivity contribution in [1.82, 2.24) is 0 Å². The largest absolute Gasteiger partial charge is 0.507 e. The second-order valence-corrected chi connectivity index (χ2v) is 5.01. The molecule has 0 saturated carbocycles. The lowest BCUT2D eigenvalue weighted by Crippen LogP contribution is -1.90. The van der Waals surface area contributed by atoms with Crippen molar-refractivity contribution in [2.75, 3.05) is 0 Å². The molecule has 2 N–H and O–H groups in total. The summed E-state index contributed by atoms with van der Waals surface area (Å²) in [4.78, 5) is 0. The third-order valence-electron chi connectivity index (χ3n) is 3.58. The highest BCUT2D eigenvalue weighted by molar-refractivity contribution is 5.98. The Morgan fingerprint density at radius 1 is 0.900 bits per heavy atom. The first-order valence-corrected chi connectivity index (χ1v) is 6.62. The van der Waals surface area contributed by atoms with E-state index in [1.807, 2.05) is 49.4 Å². The van der Waals surface area contributed by atoms with Crippen LogP contribution in [0.15, 0.2) is 54.6 Å². The van der Waals surface area contributed by atoms with E-state index in [0.717, 1.165) is 27.5 Å². The first-order valence-electron chi connectivity index (χ1n) is 6.62. The number of fused-ring (bicyclic) bond motifs is 1. The maximum atomic E-state index is 10.4. The van der Waals surface area contributed by atoms with E-state index >= 15 is 0 Å². The molecule has 0 bridgehead atoms. The van der Waals surface area contributed by atoms with Crippen LogP contribution in [-0.4, -0.2) is 10.2 Å². The van der Waals surface area contributed by atoms with Gasteiger partial charge in [0.1, 0.15) is 5.75 Å². The molecule has 100 valence electrons. The van der Waals surface area contributed by atoms with Gasteiger partial charge in [-0.25, -0.2) is 0 Å². The van der Waals surface area contributed by atoms with Gasteiger partial charge >= 0.3 is 0 Å². The molecule has 0 aliphatic heterocycles. The van der Waals surface area contributed by atoms with E-state index in [1.54, 1.807) is 0 Å². The number of aromatic hydroxyl groups is 1. The van der Waals surface area contributed by atoms with E-state index in [0.29, 0.717) is 5.56 Å². The number of aryl methyl sites for hydroxylation is 1. The monoisotopic (exact) mass is 264 g/mol. The maximum absolute atomic E-state index is 10.4. The summed E-state index contributed by atoms with van der Waals surface area (Å²) in [7, 11) is 0. The average molecular weight is 264 g/mol. The molecule has 20 heavy (non-hydrogen) atoms. The Morgan fingerprint density at radius 3 is 2.45 bits per heavy atom. The number of aliphatic hydroxyl groups excluding tert-OH is 1. The number of benzene rings is 3. The number of phenols is 1. The molecular formula is C18H16O2. The topological polar surface area (TPSA) is 40.5 Å². The first kappa shape index (κ1) is 12.7. The summed E-state index contributed by atoms with van der Waals surface area (Å²) in [5.41, 5.74) is 3.34.